The van der Waals surface area contributed by atoms with Crippen LogP contribution in [0.1, 0.15) is 43.0 Å². The van der Waals surface area contributed by atoms with E-state index in [1.165, 1.54) is 0 Å². The monoisotopic (exact) mass is 896 g/mol. The van der Waals surface area contributed by atoms with E-state index in [1.54, 1.807) is 7.11 Å². The summed E-state index contributed by atoms with van der Waals surface area (Å²) < 4.78 is 52.6. The number of aliphatic carboxylic acids is 1. The number of carbonyl (C=O) groups is 1. The van der Waals surface area contributed by atoms with Gasteiger partial charge in [-0.15, -0.1) is 0 Å². The van der Waals surface area contributed by atoms with Crippen LogP contribution >= 0.6 is 0 Å². The van der Waals surface area contributed by atoms with Gasteiger partial charge in [0.2, 0.25) is 0 Å². The zero-order valence-electron chi connectivity index (χ0n) is 37.6. The lowest BCUT2D eigenvalue weighted by molar-refractivity contribution is -0.323. The number of hydrogen-bond acceptors (Lipinski definition) is 9. The van der Waals surface area contributed by atoms with E-state index in [4.69, 9.17) is 37.6 Å². The molecular formula is C54H60O10Si. The van der Waals surface area contributed by atoms with Crippen molar-refractivity contribution in [3.8, 4) is 5.75 Å². The molecule has 1 saturated heterocycles. The van der Waals surface area contributed by atoms with Crippen LogP contribution in [0.3, 0.4) is 0 Å². The standard InChI is InChI=1S/C54H60O10Si/c1-54(2,3)65(46-26-16-8-17-27-46,47-28-18-9-19-29-47)63-39-45(58-34-43-30-32-44(57-4)33-31-43)38-62-53-51(61-37-42-24-14-7-15-25-42)49(60-36-41-22-12-6-13-23-41)48(50(64-53)52(55)56)59-35-40-20-10-5-11-21-40/h5-33,45,48-51,53H,34-39H2,1-4H3,(H,55,56)/t45-,48-,49-,50-,51+,53-/m0/s1. The average molecular weight is 897 g/mol. The van der Waals surface area contributed by atoms with E-state index in [2.05, 4.69) is 69.3 Å². The zero-order chi connectivity index (χ0) is 45.5. The Labute approximate surface area is 384 Å². The first-order valence-corrected chi connectivity index (χ1v) is 24.0. The highest BCUT2D eigenvalue weighted by Crippen LogP contribution is 2.37. The fourth-order valence-electron chi connectivity index (χ4n) is 8.25. The molecule has 1 aliphatic heterocycles. The number of ether oxygens (including phenoxy) is 7. The molecule has 0 saturated carbocycles. The van der Waals surface area contributed by atoms with Crippen LogP contribution in [-0.2, 0) is 64.1 Å². The molecule has 1 N–H and O–H groups in total. The third-order valence-corrected chi connectivity index (χ3v) is 16.6. The summed E-state index contributed by atoms with van der Waals surface area (Å²) in [6, 6.07) is 57.6. The van der Waals surface area contributed by atoms with Crippen LogP contribution in [0, 0.1) is 0 Å². The van der Waals surface area contributed by atoms with Crippen molar-refractivity contribution in [2.24, 2.45) is 0 Å². The summed E-state index contributed by atoms with van der Waals surface area (Å²) in [7, 11) is -1.38. The SMILES string of the molecule is COc1ccc(CO[C@@H](CO[C@H]2O[C@H](C(=O)O)[C@@H](OCc3ccccc3)[C@H](OCc3ccccc3)[C@H]2OCc2ccccc2)CO[Si](c2ccccc2)(c2ccccc2)C(C)(C)C)cc1. The molecule has 1 heterocycles. The minimum atomic E-state index is -3.01. The highest BCUT2D eigenvalue weighted by molar-refractivity contribution is 6.99. The van der Waals surface area contributed by atoms with Crippen LogP contribution in [-0.4, -0.2) is 76.5 Å². The molecule has 65 heavy (non-hydrogen) atoms. The highest BCUT2D eigenvalue weighted by atomic mass is 28.4. The van der Waals surface area contributed by atoms with Gasteiger partial charge in [0.05, 0.1) is 46.8 Å². The Morgan fingerprint density at radius 1 is 0.554 bits per heavy atom. The van der Waals surface area contributed by atoms with Crippen molar-refractivity contribution in [1.29, 1.82) is 0 Å². The maximum atomic E-state index is 13.2. The normalized spacial score (nSPS) is 19.4. The quantitative estimate of drug-likeness (QED) is 0.0665. The number of benzene rings is 6. The van der Waals surface area contributed by atoms with Gasteiger partial charge >= 0.3 is 5.97 Å². The molecule has 6 aromatic carbocycles. The Hall–Kier alpha value is -5.47. The fraction of sp³-hybridized carbons (Fsp3) is 0.315. The van der Waals surface area contributed by atoms with E-state index in [9.17, 15) is 9.90 Å². The van der Waals surface area contributed by atoms with Crippen LogP contribution in [0.2, 0.25) is 5.04 Å². The summed E-state index contributed by atoms with van der Waals surface area (Å²) in [4.78, 5) is 13.2. The Balaban J connectivity index is 1.22. The first kappa shape index (κ1) is 47.5. The predicted octanol–water partition coefficient (Wildman–Crippen LogP) is 8.74. The first-order chi connectivity index (χ1) is 31.6. The molecule has 0 bridgehead atoms. The van der Waals surface area contributed by atoms with Gasteiger partial charge in [0, 0.05) is 0 Å². The van der Waals surface area contributed by atoms with Gasteiger partial charge in [0.25, 0.3) is 8.32 Å². The first-order valence-electron chi connectivity index (χ1n) is 22.1. The molecule has 1 aliphatic rings. The smallest absolute Gasteiger partial charge is 0.335 e. The molecule has 0 spiro atoms. The maximum absolute atomic E-state index is 13.2. The van der Waals surface area contributed by atoms with Gasteiger partial charge in [-0.3, -0.25) is 0 Å². The Bertz CT molecular complexity index is 2260. The Morgan fingerprint density at radius 2 is 0.985 bits per heavy atom. The van der Waals surface area contributed by atoms with E-state index in [0.29, 0.717) is 0 Å². The van der Waals surface area contributed by atoms with Crippen molar-refractivity contribution >= 4 is 24.7 Å². The van der Waals surface area contributed by atoms with E-state index in [-0.39, 0.29) is 44.7 Å². The lowest BCUT2D eigenvalue weighted by Gasteiger charge is -2.45. The second kappa shape index (κ2) is 23.1. The summed E-state index contributed by atoms with van der Waals surface area (Å²) in [5.41, 5.74) is 3.61. The third kappa shape index (κ3) is 12.5. The minimum Gasteiger partial charge on any atom is -0.497 e. The fourth-order valence-corrected chi connectivity index (χ4v) is 12.8. The second-order valence-electron chi connectivity index (χ2n) is 17.1. The number of hydrogen-bond donors (Lipinski definition) is 1. The lowest BCUT2D eigenvalue weighted by atomic mass is 9.97. The van der Waals surface area contributed by atoms with Crippen molar-refractivity contribution in [3.05, 3.63) is 198 Å². The van der Waals surface area contributed by atoms with Crippen molar-refractivity contribution in [2.75, 3.05) is 20.3 Å². The number of rotatable bonds is 22. The van der Waals surface area contributed by atoms with Gasteiger partial charge in [0.15, 0.2) is 12.4 Å². The van der Waals surface area contributed by atoms with Crippen LogP contribution in [0.5, 0.6) is 5.75 Å². The molecule has 6 atom stereocenters. The largest absolute Gasteiger partial charge is 0.497 e. The summed E-state index contributed by atoms with van der Waals surface area (Å²) in [5, 5.41) is 12.8. The predicted molar refractivity (Wildman–Crippen MR) is 252 cm³/mol. The Morgan fingerprint density at radius 3 is 1.43 bits per heavy atom. The summed E-state index contributed by atoms with van der Waals surface area (Å²) in [6.07, 6.45) is -6.26. The molecule has 11 heteroatoms. The van der Waals surface area contributed by atoms with Crippen LogP contribution < -0.4 is 15.1 Å². The van der Waals surface area contributed by atoms with E-state index < -0.39 is 51.1 Å². The molecular weight excluding hydrogens is 837 g/mol. The lowest BCUT2D eigenvalue weighted by Crippen LogP contribution is -2.67. The van der Waals surface area contributed by atoms with Gasteiger partial charge in [-0.1, -0.05) is 185 Å². The minimum absolute atomic E-state index is 0.0303. The topological polar surface area (TPSA) is 111 Å². The van der Waals surface area contributed by atoms with Crippen LogP contribution in [0.25, 0.3) is 0 Å². The van der Waals surface area contributed by atoms with Gasteiger partial charge in [0.1, 0.15) is 30.2 Å². The molecule has 340 valence electrons. The van der Waals surface area contributed by atoms with Gasteiger partial charge in [-0.05, 0) is 49.8 Å². The molecule has 1 fully saturated rings. The van der Waals surface area contributed by atoms with Crippen LogP contribution in [0.15, 0.2) is 176 Å². The van der Waals surface area contributed by atoms with Crippen LogP contribution in [0.4, 0.5) is 0 Å². The molecule has 0 radical (unpaired) electrons. The summed E-state index contributed by atoms with van der Waals surface area (Å²) in [5.74, 6) is -0.475. The highest BCUT2D eigenvalue weighted by Gasteiger charge is 2.53. The van der Waals surface area contributed by atoms with Crippen molar-refractivity contribution in [2.45, 2.75) is 89.0 Å². The third-order valence-electron chi connectivity index (χ3n) is 11.6. The van der Waals surface area contributed by atoms with E-state index >= 15 is 0 Å². The van der Waals surface area contributed by atoms with Crippen molar-refractivity contribution in [1.82, 2.24) is 0 Å². The number of carboxylic acids is 1. The van der Waals surface area contributed by atoms with Gasteiger partial charge < -0.3 is 42.7 Å². The molecule has 10 nitrogen and oxygen atoms in total. The summed E-state index contributed by atoms with van der Waals surface area (Å²) in [6.45, 7) is 7.53. The zero-order valence-corrected chi connectivity index (χ0v) is 38.6. The number of methoxy groups -OCH3 is 1. The second-order valence-corrected chi connectivity index (χ2v) is 21.4. The van der Waals surface area contributed by atoms with E-state index in [0.717, 1.165) is 38.4 Å². The average Bonchev–Trinajstić information content (AvgIpc) is 3.34. The molecule has 7 rings (SSSR count). The maximum Gasteiger partial charge on any atom is 0.335 e. The number of carboxylic acid groups (broad SMARTS) is 1. The Kier molecular flexibility index (Phi) is 16.9. The van der Waals surface area contributed by atoms with Gasteiger partial charge in [-0.2, -0.15) is 0 Å². The molecule has 0 unspecified atom stereocenters. The van der Waals surface area contributed by atoms with Crippen molar-refractivity contribution in [3.63, 3.8) is 0 Å². The summed E-state index contributed by atoms with van der Waals surface area (Å²) >= 11 is 0. The molecule has 0 aromatic heterocycles. The molecule has 6 aromatic rings. The van der Waals surface area contributed by atoms with E-state index in [1.807, 2.05) is 127 Å². The van der Waals surface area contributed by atoms with Gasteiger partial charge in [-0.25, -0.2) is 4.79 Å². The molecule has 0 amide bonds. The van der Waals surface area contributed by atoms with Crippen molar-refractivity contribution < 1.29 is 47.5 Å². The molecule has 0 aliphatic carbocycles.